The fraction of sp³-hybridized carbons (Fsp3) is 0.800. The van der Waals surface area contributed by atoms with Gasteiger partial charge in [-0.1, -0.05) is 63.3 Å². The van der Waals surface area contributed by atoms with Crippen LogP contribution in [0.15, 0.2) is 20.1 Å². The maximum absolute atomic E-state index is 6.79. The molecule has 7 heteroatoms. The van der Waals surface area contributed by atoms with Crippen molar-refractivity contribution in [2.75, 3.05) is 14.2 Å². The molecule has 0 N–H and O–H groups in total. The zero-order valence-corrected chi connectivity index (χ0v) is 21.5. The molecule has 0 radical (unpaired) electrons. The SMILES string of the molecule is COC1=N[C@H](C(C)C)C(OC)=N[C@H]1[C@H](CC/C=C/I)O[Si](C)(C)C(C)(C)C. The number of rotatable bonds is 7. The Labute approximate surface area is 180 Å². The van der Waals surface area contributed by atoms with E-state index in [2.05, 4.69) is 76.4 Å². The molecule has 27 heavy (non-hydrogen) atoms. The minimum Gasteiger partial charge on any atom is -0.483 e. The molecule has 0 saturated heterocycles. The maximum Gasteiger partial charge on any atom is 0.212 e. The summed E-state index contributed by atoms with van der Waals surface area (Å²) in [5.41, 5.74) is 0. The monoisotopic (exact) mass is 508 g/mol. The molecule has 0 saturated carbocycles. The molecule has 1 heterocycles. The molecule has 0 spiro atoms. The lowest BCUT2D eigenvalue weighted by molar-refractivity contribution is 0.152. The van der Waals surface area contributed by atoms with Crippen LogP contribution >= 0.6 is 22.6 Å². The van der Waals surface area contributed by atoms with Gasteiger partial charge in [0.25, 0.3) is 0 Å². The molecule has 0 amide bonds. The first-order valence-corrected chi connectivity index (χ1v) is 13.8. The molecule has 0 bridgehead atoms. The van der Waals surface area contributed by atoms with Gasteiger partial charge in [-0.2, -0.15) is 0 Å². The summed E-state index contributed by atoms with van der Waals surface area (Å²) in [5, 5.41) is 0.123. The van der Waals surface area contributed by atoms with Gasteiger partial charge in [0.2, 0.25) is 11.8 Å². The first kappa shape index (κ1) is 24.6. The Balaban J connectivity index is 3.25. The molecule has 156 valence electrons. The number of allylic oxidation sites excluding steroid dienone is 1. The third-order valence-corrected chi connectivity index (χ3v) is 10.4. The Kier molecular flexibility index (Phi) is 9.47. The third kappa shape index (κ3) is 6.56. The Hall–Kier alpha value is -0.413. The van der Waals surface area contributed by atoms with E-state index in [0.29, 0.717) is 11.8 Å². The van der Waals surface area contributed by atoms with E-state index in [1.54, 1.807) is 14.2 Å². The molecule has 0 aromatic heterocycles. The number of methoxy groups -OCH3 is 2. The highest BCUT2D eigenvalue weighted by Gasteiger charge is 2.43. The molecule has 0 fully saturated rings. The smallest absolute Gasteiger partial charge is 0.212 e. The molecule has 1 aliphatic heterocycles. The largest absolute Gasteiger partial charge is 0.483 e. The first-order valence-electron chi connectivity index (χ1n) is 9.64. The highest BCUT2D eigenvalue weighted by Crippen LogP contribution is 2.39. The van der Waals surface area contributed by atoms with Crippen LogP contribution in [0.4, 0.5) is 0 Å². The van der Waals surface area contributed by atoms with Crippen molar-refractivity contribution in [1.29, 1.82) is 0 Å². The first-order chi connectivity index (χ1) is 12.5. The second-order valence-electron chi connectivity index (χ2n) is 8.83. The number of nitrogens with zero attached hydrogens (tertiary/aromatic N) is 2. The van der Waals surface area contributed by atoms with Crippen LogP contribution in [0.2, 0.25) is 18.1 Å². The van der Waals surface area contributed by atoms with Gasteiger partial charge >= 0.3 is 0 Å². The van der Waals surface area contributed by atoms with Crippen LogP contribution in [0.3, 0.4) is 0 Å². The highest BCUT2D eigenvalue weighted by molar-refractivity contribution is 14.1. The lowest BCUT2D eigenvalue weighted by atomic mass is 10.00. The quantitative estimate of drug-likeness (QED) is 0.332. The zero-order valence-electron chi connectivity index (χ0n) is 18.4. The molecule has 5 nitrogen and oxygen atoms in total. The summed E-state index contributed by atoms with van der Waals surface area (Å²) in [6.45, 7) is 15.6. The van der Waals surface area contributed by atoms with E-state index in [-0.39, 0.29) is 29.1 Å². The summed E-state index contributed by atoms with van der Waals surface area (Å²) in [4.78, 5) is 9.74. The predicted octanol–water partition coefficient (Wildman–Crippen LogP) is 5.60. The second-order valence-corrected chi connectivity index (χ2v) is 14.3. The van der Waals surface area contributed by atoms with Crippen LogP contribution in [0, 0.1) is 5.92 Å². The van der Waals surface area contributed by atoms with Gasteiger partial charge in [-0.05, 0) is 41.0 Å². The Bertz CT molecular complexity index is 568. The third-order valence-electron chi connectivity index (χ3n) is 5.40. The molecular weight excluding hydrogens is 471 g/mol. The average molecular weight is 509 g/mol. The summed E-state index contributed by atoms with van der Waals surface area (Å²) in [6, 6.07) is -0.374. The maximum atomic E-state index is 6.79. The summed E-state index contributed by atoms with van der Waals surface area (Å²) in [7, 11) is 1.37. The van der Waals surface area contributed by atoms with Crippen LogP contribution in [-0.4, -0.2) is 52.5 Å². The summed E-state index contributed by atoms with van der Waals surface area (Å²) in [5.74, 6) is 1.61. The van der Waals surface area contributed by atoms with Gasteiger partial charge in [-0.25, -0.2) is 9.98 Å². The van der Waals surface area contributed by atoms with E-state index in [4.69, 9.17) is 23.9 Å². The second kappa shape index (κ2) is 10.4. The minimum atomic E-state index is -1.97. The van der Waals surface area contributed by atoms with E-state index < -0.39 is 8.32 Å². The molecule has 0 aromatic rings. The van der Waals surface area contributed by atoms with Crippen molar-refractivity contribution < 1.29 is 13.9 Å². The van der Waals surface area contributed by atoms with E-state index in [9.17, 15) is 0 Å². The zero-order chi connectivity index (χ0) is 20.8. The van der Waals surface area contributed by atoms with Gasteiger partial charge < -0.3 is 13.9 Å². The normalized spacial score (nSPS) is 22.6. The van der Waals surface area contributed by atoms with Gasteiger partial charge in [0.15, 0.2) is 14.4 Å². The van der Waals surface area contributed by atoms with Crippen molar-refractivity contribution in [3.63, 3.8) is 0 Å². The molecule has 1 aliphatic rings. The molecule has 1 rings (SSSR count). The standard InChI is InChI=1S/C20H37IN2O3Si/c1-14(2)16-18(24-6)23-17(19(22-16)25-7)15(12-10-11-13-21)26-27(8,9)20(3,4)5/h11,13-17H,10,12H2,1-9H3/b13-11+/t15-,16+,17-/m0/s1. The van der Waals surface area contributed by atoms with Crippen LogP contribution in [0.5, 0.6) is 0 Å². The summed E-state index contributed by atoms with van der Waals surface area (Å²) < 4.78 is 20.1. The summed E-state index contributed by atoms with van der Waals surface area (Å²) in [6.07, 6.45) is 3.87. The van der Waals surface area contributed by atoms with Crippen LogP contribution in [0.1, 0.15) is 47.5 Å². The fourth-order valence-corrected chi connectivity index (χ4v) is 4.44. The molecule has 3 atom stereocenters. The van der Waals surface area contributed by atoms with Crippen molar-refractivity contribution in [2.24, 2.45) is 15.9 Å². The number of aliphatic imine (C=N–C) groups is 2. The van der Waals surface area contributed by atoms with E-state index >= 15 is 0 Å². The van der Waals surface area contributed by atoms with Gasteiger partial charge in [0.05, 0.1) is 20.3 Å². The van der Waals surface area contributed by atoms with Gasteiger partial charge in [0, 0.05) is 0 Å². The van der Waals surface area contributed by atoms with Crippen LogP contribution in [0.25, 0.3) is 0 Å². The van der Waals surface area contributed by atoms with Gasteiger partial charge in [0.1, 0.15) is 6.04 Å². The molecule has 0 unspecified atom stereocenters. The fourth-order valence-electron chi connectivity index (χ4n) is 2.72. The summed E-state index contributed by atoms with van der Waals surface area (Å²) >= 11 is 2.25. The number of hydrogen-bond donors (Lipinski definition) is 0. The number of halogens is 1. The lowest BCUT2D eigenvalue weighted by Crippen LogP contribution is -2.50. The van der Waals surface area contributed by atoms with E-state index in [1.807, 2.05) is 4.08 Å². The van der Waals surface area contributed by atoms with E-state index in [1.165, 1.54) is 0 Å². The number of hydrogen-bond acceptors (Lipinski definition) is 5. The molecule has 0 aliphatic carbocycles. The van der Waals surface area contributed by atoms with Gasteiger partial charge in [-0.15, -0.1) is 0 Å². The number of ether oxygens (including phenoxy) is 2. The topological polar surface area (TPSA) is 52.4 Å². The van der Waals surface area contributed by atoms with Crippen molar-refractivity contribution in [3.8, 4) is 0 Å². The van der Waals surface area contributed by atoms with E-state index in [0.717, 1.165) is 12.8 Å². The Morgan fingerprint density at radius 1 is 1.07 bits per heavy atom. The highest BCUT2D eigenvalue weighted by atomic mass is 127. The van der Waals surface area contributed by atoms with Crippen LogP contribution < -0.4 is 0 Å². The van der Waals surface area contributed by atoms with Crippen molar-refractivity contribution in [3.05, 3.63) is 10.2 Å². The lowest BCUT2D eigenvalue weighted by Gasteiger charge is -2.41. The Morgan fingerprint density at radius 3 is 2.04 bits per heavy atom. The van der Waals surface area contributed by atoms with Crippen molar-refractivity contribution in [1.82, 2.24) is 0 Å². The molecular formula is C20H37IN2O3Si. The van der Waals surface area contributed by atoms with Crippen molar-refractivity contribution in [2.45, 2.75) is 83.8 Å². The Morgan fingerprint density at radius 2 is 1.59 bits per heavy atom. The van der Waals surface area contributed by atoms with Gasteiger partial charge in [-0.3, -0.25) is 0 Å². The average Bonchev–Trinajstić information content (AvgIpc) is 2.58. The predicted molar refractivity (Wildman–Crippen MR) is 126 cm³/mol. The van der Waals surface area contributed by atoms with Crippen molar-refractivity contribution >= 4 is 42.7 Å². The minimum absolute atomic E-state index is 0.0875. The molecule has 0 aromatic carbocycles. The van der Waals surface area contributed by atoms with Crippen LogP contribution in [-0.2, 0) is 13.9 Å².